The van der Waals surface area contributed by atoms with Gasteiger partial charge in [-0.15, -0.1) is 0 Å². The summed E-state index contributed by atoms with van der Waals surface area (Å²) in [5.41, 5.74) is 0.432. The Labute approximate surface area is 151 Å². The molecule has 2 saturated heterocycles. The predicted molar refractivity (Wildman–Crippen MR) is 91.7 cm³/mol. The molecule has 1 aromatic rings. The molecule has 3 rings (SSSR count). The van der Waals surface area contributed by atoms with Gasteiger partial charge in [0.25, 0.3) is 0 Å². The summed E-state index contributed by atoms with van der Waals surface area (Å²) in [6.07, 6.45) is 2.88. The van der Waals surface area contributed by atoms with Gasteiger partial charge in [0.1, 0.15) is 11.8 Å². The van der Waals surface area contributed by atoms with E-state index in [1.165, 1.54) is 24.5 Å². The third-order valence-electron chi connectivity index (χ3n) is 3.89. The van der Waals surface area contributed by atoms with Crippen LogP contribution >= 0.6 is 24.4 Å². The number of pyridine rings is 1. The van der Waals surface area contributed by atoms with Crippen molar-refractivity contribution in [1.82, 2.24) is 26.3 Å². The van der Waals surface area contributed by atoms with Crippen molar-refractivity contribution in [3.05, 3.63) is 30.1 Å². The van der Waals surface area contributed by atoms with Crippen LogP contribution < -0.4 is 21.3 Å². The second-order valence-electron chi connectivity index (χ2n) is 5.38. The highest BCUT2D eigenvalue weighted by molar-refractivity contribution is 7.80. The summed E-state index contributed by atoms with van der Waals surface area (Å²) in [6.45, 7) is 0. The van der Waals surface area contributed by atoms with Crippen LogP contribution in [0.25, 0.3) is 0 Å². The Balaban J connectivity index is 2.08. The number of carbonyl (C=O) groups excluding carboxylic acids is 4. The van der Waals surface area contributed by atoms with Crippen LogP contribution in [0.15, 0.2) is 24.5 Å². The van der Waals surface area contributed by atoms with Gasteiger partial charge in [0.2, 0.25) is 23.6 Å². The Morgan fingerprint density at radius 1 is 0.760 bits per heavy atom. The molecule has 1 aromatic heterocycles. The van der Waals surface area contributed by atoms with Crippen molar-refractivity contribution in [2.75, 3.05) is 0 Å². The first-order chi connectivity index (χ1) is 11.9. The highest BCUT2D eigenvalue weighted by Gasteiger charge is 2.49. The Kier molecular flexibility index (Phi) is 4.51. The molecule has 0 unspecified atom stereocenters. The molecule has 0 aromatic carbocycles. The minimum absolute atomic E-state index is 0.126. The molecule has 4 amide bonds. The van der Waals surface area contributed by atoms with Gasteiger partial charge in [-0.3, -0.25) is 24.2 Å². The van der Waals surface area contributed by atoms with E-state index in [9.17, 15) is 19.2 Å². The van der Waals surface area contributed by atoms with Gasteiger partial charge in [0, 0.05) is 18.3 Å². The van der Waals surface area contributed by atoms with Gasteiger partial charge in [-0.25, -0.2) is 0 Å². The molecule has 4 N–H and O–H groups in total. The quantitative estimate of drug-likeness (QED) is 0.371. The van der Waals surface area contributed by atoms with Crippen LogP contribution in [0.1, 0.15) is 11.5 Å². The molecule has 0 saturated carbocycles. The monoisotopic (exact) mass is 377 g/mol. The first-order valence-corrected chi connectivity index (χ1v) is 7.91. The van der Waals surface area contributed by atoms with E-state index in [2.05, 4.69) is 26.3 Å². The molecular formula is C14H11N5O4S2. The third-order valence-corrected chi connectivity index (χ3v) is 4.29. The van der Waals surface area contributed by atoms with Gasteiger partial charge >= 0.3 is 0 Å². The van der Waals surface area contributed by atoms with E-state index in [1.807, 2.05) is 0 Å². The van der Waals surface area contributed by atoms with Crippen LogP contribution in [0.4, 0.5) is 0 Å². The van der Waals surface area contributed by atoms with Crippen LogP contribution in [0, 0.1) is 11.8 Å². The lowest BCUT2D eigenvalue weighted by Gasteiger charge is -2.35. The van der Waals surface area contributed by atoms with Crippen molar-refractivity contribution in [2.24, 2.45) is 11.8 Å². The molecule has 3 heterocycles. The van der Waals surface area contributed by atoms with Crippen LogP contribution in [-0.4, -0.2) is 38.8 Å². The molecule has 2 fully saturated rings. The van der Waals surface area contributed by atoms with Crippen molar-refractivity contribution < 1.29 is 19.2 Å². The molecule has 0 atom stereocenters. The molecule has 25 heavy (non-hydrogen) atoms. The van der Waals surface area contributed by atoms with Crippen molar-refractivity contribution in [3.8, 4) is 0 Å². The average Bonchev–Trinajstić information content (AvgIpc) is 2.52. The summed E-state index contributed by atoms with van der Waals surface area (Å²) in [6, 6.07) is 3.07. The maximum Gasteiger partial charge on any atom is 0.239 e. The zero-order chi connectivity index (χ0) is 18.1. The van der Waals surface area contributed by atoms with Crippen molar-refractivity contribution in [2.45, 2.75) is 5.92 Å². The van der Waals surface area contributed by atoms with Gasteiger partial charge in [-0.1, -0.05) is 0 Å². The summed E-state index contributed by atoms with van der Waals surface area (Å²) >= 11 is 9.57. The van der Waals surface area contributed by atoms with Crippen LogP contribution in [-0.2, 0) is 19.2 Å². The number of aromatic nitrogens is 1. The molecule has 2 aliphatic heterocycles. The van der Waals surface area contributed by atoms with Crippen molar-refractivity contribution >= 4 is 58.3 Å². The third kappa shape index (κ3) is 3.23. The van der Waals surface area contributed by atoms with Crippen LogP contribution in [0.5, 0.6) is 0 Å². The zero-order valence-electron chi connectivity index (χ0n) is 12.4. The minimum atomic E-state index is -1.33. The number of hydrogen-bond acceptors (Lipinski definition) is 7. The Hall–Kier alpha value is -2.79. The number of nitrogens with zero attached hydrogens (tertiary/aromatic N) is 1. The average molecular weight is 377 g/mol. The Bertz CT molecular complexity index is 725. The molecule has 0 radical (unpaired) electrons. The topological polar surface area (TPSA) is 129 Å². The highest BCUT2D eigenvalue weighted by atomic mass is 32.1. The maximum atomic E-state index is 12.4. The number of rotatable bonds is 3. The normalized spacial score (nSPS) is 19.4. The molecule has 128 valence electrons. The lowest BCUT2D eigenvalue weighted by Crippen LogP contribution is -2.62. The van der Waals surface area contributed by atoms with E-state index >= 15 is 0 Å². The zero-order valence-corrected chi connectivity index (χ0v) is 14.1. The lowest BCUT2D eigenvalue weighted by atomic mass is 9.74. The largest absolute Gasteiger partial charge is 0.302 e. The number of amides is 4. The summed E-state index contributed by atoms with van der Waals surface area (Å²) in [5, 5.41) is 9.12. The molecule has 2 aliphatic rings. The number of nitrogens with one attached hydrogen (secondary N) is 4. The van der Waals surface area contributed by atoms with Crippen LogP contribution in [0.2, 0.25) is 0 Å². The van der Waals surface area contributed by atoms with E-state index in [-0.39, 0.29) is 10.2 Å². The van der Waals surface area contributed by atoms with Gasteiger partial charge in [-0.2, -0.15) is 0 Å². The molecular weight excluding hydrogens is 366 g/mol. The van der Waals surface area contributed by atoms with E-state index in [1.54, 1.807) is 0 Å². The Morgan fingerprint density at radius 2 is 1.12 bits per heavy atom. The van der Waals surface area contributed by atoms with Gasteiger partial charge < -0.3 is 21.3 Å². The second kappa shape index (κ2) is 6.61. The summed E-state index contributed by atoms with van der Waals surface area (Å²) < 4.78 is 0. The van der Waals surface area contributed by atoms with E-state index < -0.39 is 41.4 Å². The predicted octanol–water partition coefficient (Wildman–Crippen LogP) is -1.54. The molecule has 9 nitrogen and oxygen atoms in total. The fourth-order valence-corrected chi connectivity index (χ4v) is 3.28. The van der Waals surface area contributed by atoms with E-state index in [0.717, 1.165) is 0 Å². The van der Waals surface area contributed by atoms with Gasteiger partial charge in [0.05, 0.1) is 0 Å². The highest BCUT2D eigenvalue weighted by Crippen LogP contribution is 2.35. The second-order valence-corrected chi connectivity index (χ2v) is 6.19. The number of hydrogen-bond donors (Lipinski definition) is 4. The number of thiocarbonyl (C=S) groups is 2. The van der Waals surface area contributed by atoms with E-state index in [0.29, 0.717) is 5.56 Å². The lowest BCUT2D eigenvalue weighted by molar-refractivity contribution is -0.140. The molecule has 0 spiro atoms. The summed E-state index contributed by atoms with van der Waals surface area (Å²) in [4.78, 5) is 53.4. The fourth-order valence-electron chi connectivity index (χ4n) is 2.87. The maximum absolute atomic E-state index is 12.4. The standard InChI is InChI=1S/C14H11N5O4S2/c20-9-7(10(21)17-13(24)16-9)6(5-1-3-15-4-2-5)8-11(22)18-14(25)19-12(8)23/h1-4,6-8H,(H2,16,17,20,21,24)(H2,18,19,22,23,25). The van der Waals surface area contributed by atoms with Crippen LogP contribution in [0.3, 0.4) is 0 Å². The summed E-state index contributed by atoms with van der Waals surface area (Å²) in [5.74, 6) is -6.49. The van der Waals surface area contributed by atoms with E-state index in [4.69, 9.17) is 24.4 Å². The first kappa shape index (κ1) is 17.0. The smallest absolute Gasteiger partial charge is 0.239 e. The Morgan fingerprint density at radius 3 is 1.48 bits per heavy atom. The molecule has 0 aliphatic carbocycles. The SMILES string of the molecule is O=C1NC(=S)NC(=O)C1C(c1ccncc1)C1C(=O)NC(=S)NC1=O. The fraction of sp³-hybridized carbons (Fsp3) is 0.214. The van der Waals surface area contributed by atoms with Gasteiger partial charge in [0.15, 0.2) is 10.2 Å². The van der Waals surface area contributed by atoms with Crippen molar-refractivity contribution in [1.29, 1.82) is 0 Å². The number of carbonyl (C=O) groups is 4. The van der Waals surface area contributed by atoms with Gasteiger partial charge in [-0.05, 0) is 42.1 Å². The first-order valence-electron chi connectivity index (χ1n) is 7.10. The van der Waals surface area contributed by atoms with Crippen molar-refractivity contribution in [3.63, 3.8) is 0 Å². The molecule has 0 bridgehead atoms. The summed E-state index contributed by atoms with van der Waals surface area (Å²) in [7, 11) is 0. The minimum Gasteiger partial charge on any atom is -0.302 e. The molecule has 11 heteroatoms.